The van der Waals surface area contributed by atoms with Crippen molar-refractivity contribution in [2.45, 2.75) is 18.6 Å². The van der Waals surface area contributed by atoms with Gasteiger partial charge in [0.15, 0.2) is 0 Å². The summed E-state index contributed by atoms with van der Waals surface area (Å²) in [5.41, 5.74) is 0.270. The molecule has 1 amide bonds. The van der Waals surface area contributed by atoms with E-state index in [2.05, 4.69) is 5.32 Å². The number of alkyl halides is 3. The van der Waals surface area contributed by atoms with Gasteiger partial charge in [-0.15, -0.1) is 0 Å². The lowest BCUT2D eigenvalue weighted by Gasteiger charge is -2.18. The topological polar surface area (TPSA) is 50.8 Å². The minimum Gasteiger partial charge on any atom is -0.494 e. The van der Waals surface area contributed by atoms with Crippen molar-refractivity contribution in [1.82, 2.24) is 10.2 Å². The monoisotopic (exact) mass is 396 g/mol. The zero-order chi connectivity index (χ0) is 20.7. The van der Waals surface area contributed by atoms with Gasteiger partial charge in [0.1, 0.15) is 11.5 Å². The number of carbonyl (C=O) groups excluding carboxylic acids is 1. The molecule has 152 valence electrons. The highest BCUT2D eigenvalue weighted by Gasteiger charge is 2.30. The first kappa shape index (κ1) is 21.6. The highest BCUT2D eigenvalue weighted by molar-refractivity contribution is 5.69. The molecule has 0 bridgehead atoms. The van der Waals surface area contributed by atoms with E-state index >= 15 is 0 Å². The Labute approximate surface area is 162 Å². The molecule has 1 N–H and O–H groups in total. The number of hydrogen-bond donors (Lipinski definition) is 1. The summed E-state index contributed by atoms with van der Waals surface area (Å²) in [6.45, 7) is 0.328. The van der Waals surface area contributed by atoms with Gasteiger partial charge in [-0.3, -0.25) is 0 Å². The highest BCUT2D eigenvalue weighted by Crippen LogP contribution is 2.30. The van der Waals surface area contributed by atoms with Crippen LogP contribution in [0.4, 0.5) is 18.0 Å². The zero-order valence-corrected chi connectivity index (χ0v) is 15.9. The molecule has 0 fully saturated rings. The SMILES string of the molecule is CNC(CCOc1ccc(C(F)(F)F)cc1)c1ccc(OC(=O)N(C)C)cc1. The molecule has 1 atom stereocenters. The fourth-order valence-electron chi connectivity index (χ4n) is 2.47. The number of benzene rings is 2. The number of halogens is 3. The van der Waals surface area contributed by atoms with Crippen molar-refractivity contribution in [3.63, 3.8) is 0 Å². The third kappa shape index (κ3) is 6.16. The Morgan fingerprint density at radius 2 is 1.61 bits per heavy atom. The Morgan fingerprint density at radius 3 is 2.11 bits per heavy atom. The van der Waals surface area contributed by atoms with Crippen molar-refractivity contribution in [2.75, 3.05) is 27.7 Å². The number of nitrogens with zero attached hydrogens (tertiary/aromatic N) is 1. The van der Waals surface area contributed by atoms with Crippen molar-refractivity contribution < 1.29 is 27.4 Å². The molecule has 0 aliphatic carbocycles. The van der Waals surface area contributed by atoms with Gasteiger partial charge < -0.3 is 19.7 Å². The number of carbonyl (C=O) groups is 1. The summed E-state index contributed by atoms with van der Waals surface area (Å²) in [7, 11) is 5.01. The number of nitrogens with one attached hydrogen (secondary N) is 1. The molecular formula is C20H23F3N2O3. The van der Waals surface area contributed by atoms with Crippen LogP contribution in [-0.4, -0.2) is 38.7 Å². The molecule has 2 aromatic carbocycles. The molecule has 0 aromatic heterocycles. The average Bonchev–Trinajstić information content (AvgIpc) is 2.65. The van der Waals surface area contributed by atoms with Gasteiger partial charge >= 0.3 is 12.3 Å². The maximum atomic E-state index is 12.6. The van der Waals surface area contributed by atoms with Crippen LogP contribution < -0.4 is 14.8 Å². The molecule has 0 saturated carbocycles. The molecule has 0 aliphatic heterocycles. The van der Waals surface area contributed by atoms with E-state index in [9.17, 15) is 18.0 Å². The molecular weight excluding hydrogens is 373 g/mol. The molecule has 1 unspecified atom stereocenters. The van der Waals surface area contributed by atoms with E-state index in [0.717, 1.165) is 17.7 Å². The average molecular weight is 396 g/mol. The summed E-state index contributed by atoms with van der Waals surface area (Å²) in [6, 6.07) is 11.7. The second-order valence-electron chi connectivity index (χ2n) is 6.33. The lowest BCUT2D eigenvalue weighted by atomic mass is 10.0. The normalized spacial score (nSPS) is 12.4. The minimum absolute atomic E-state index is 0.0203. The first-order chi connectivity index (χ1) is 13.2. The van der Waals surface area contributed by atoms with E-state index in [4.69, 9.17) is 9.47 Å². The smallest absolute Gasteiger partial charge is 0.416 e. The minimum atomic E-state index is -4.36. The fraction of sp³-hybridized carbons (Fsp3) is 0.350. The van der Waals surface area contributed by atoms with Crippen molar-refractivity contribution >= 4 is 6.09 Å². The molecule has 2 rings (SSSR count). The van der Waals surface area contributed by atoms with Crippen LogP contribution in [-0.2, 0) is 6.18 Å². The van der Waals surface area contributed by atoms with Crippen LogP contribution >= 0.6 is 0 Å². The second kappa shape index (κ2) is 9.45. The Hall–Kier alpha value is -2.74. The molecule has 28 heavy (non-hydrogen) atoms. The van der Waals surface area contributed by atoms with Gasteiger partial charge in [0, 0.05) is 26.6 Å². The van der Waals surface area contributed by atoms with Gasteiger partial charge in [0.05, 0.1) is 12.2 Å². The molecule has 5 nitrogen and oxygen atoms in total. The molecule has 8 heteroatoms. The van der Waals surface area contributed by atoms with Gasteiger partial charge in [0.25, 0.3) is 0 Å². The van der Waals surface area contributed by atoms with Gasteiger partial charge in [0.2, 0.25) is 0 Å². The summed E-state index contributed by atoms with van der Waals surface area (Å²) < 4.78 is 48.4. The zero-order valence-electron chi connectivity index (χ0n) is 15.9. The summed E-state index contributed by atoms with van der Waals surface area (Å²) in [6.07, 6.45) is -4.21. The summed E-state index contributed by atoms with van der Waals surface area (Å²) >= 11 is 0. The van der Waals surface area contributed by atoms with E-state index in [0.29, 0.717) is 24.5 Å². The Bertz CT molecular complexity index is 760. The van der Waals surface area contributed by atoms with Gasteiger partial charge in [-0.2, -0.15) is 13.2 Å². The quantitative estimate of drug-likeness (QED) is 0.749. The summed E-state index contributed by atoms with van der Waals surface area (Å²) in [5.74, 6) is 0.826. The van der Waals surface area contributed by atoms with E-state index < -0.39 is 17.8 Å². The first-order valence-electron chi connectivity index (χ1n) is 8.67. The predicted octanol–water partition coefficient (Wildman–Crippen LogP) is 4.50. The Morgan fingerprint density at radius 1 is 1.04 bits per heavy atom. The lowest BCUT2D eigenvalue weighted by molar-refractivity contribution is -0.137. The van der Waals surface area contributed by atoms with Crippen LogP contribution in [0.2, 0.25) is 0 Å². The van der Waals surface area contributed by atoms with Crippen molar-refractivity contribution in [3.05, 3.63) is 59.7 Å². The fourth-order valence-corrected chi connectivity index (χ4v) is 2.47. The van der Waals surface area contributed by atoms with Crippen molar-refractivity contribution in [3.8, 4) is 11.5 Å². The number of rotatable bonds is 7. The van der Waals surface area contributed by atoms with Gasteiger partial charge in [-0.1, -0.05) is 12.1 Å². The van der Waals surface area contributed by atoms with Crippen LogP contribution in [0.5, 0.6) is 11.5 Å². The maximum absolute atomic E-state index is 12.6. The Kier molecular flexibility index (Phi) is 7.28. The van der Waals surface area contributed by atoms with E-state index in [-0.39, 0.29) is 6.04 Å². The van der Waals surface area contributed by atoms with E-state index in [1.54, 1.807) is 26.2 Å². The molecule has 0 saturated heterocycles. The van der Waals surface area contributed by atoms with E-state index in [1.807, 2.05) is 19.2 Å². The molecule has 2 aromatic rings. The second-order valence-corrected chi connectivity index (χ2v) is 6.33. The molecule has 0 spiro atoms. The molecule has 0 aliphatic rings. The third-order valence-electron chi connectivity index (χ3n) is 4.06. The third-order valence-corrected chi connectivity index (χ3v) is 4.06. The first-order valence-corrected chi connectivity index (χ1v) is 8.67. The van der Waals surface area contributed by atoms with E-state index in [1.165, 1.54) is 17.0 Å². The van der Waals surface area contributed by atoms with Crippen LogP contribution in [0.3, 0.4) is 0 Å². The van der Waals surface area contributed by atoms with Gasteiger partial charge in [-0.05, 0) is 49.0 Å². The lowest BCUT2D eigenvalue weighted by Crippen LogP contribution is -2.25. The standard InChI is InChI=1S/C20H23F3N2O3/c1-24-18(14-4-8-17(9-5-14)28-19(26)25(2)3)12-13-27-16-10-6-15(7-11-16)20(21,22)23/h4-11,18,24H,12-13H2,1-3H3. The van der Waals surface area contributed by atoms with Crippen molar-refractivity contribution in [1.29, 1.82) is 0 Å². The molecule has 0 radical (unpaired) electrons. The van der Waals surface area contributed by atoms with Crippen LogP contribution in [0.1, 0.15) is 23.6 Å². The predicted molar refractivity (Wildman–Crippen MR) is 99.5 cm³/mol. The summed E-state index contributed by atoms with van der Waals surface area (Å²) in [5, 5.41) is 3.17. The highest BCUT2D eigenvalue weighted by atomic mass is 19.4. The molecule has 0 heterocycles. The van der Waals surface area contributed by atoms with Crippen molar-refractivity contribution in [2.24, 2.45) is 0 Å². The Balaban J connectivity index is 1.89. The maximum Gasteiger partial charge on any atom is 0.416 e. The largest absolute Gasteiger partial charge is 0.494 e. The van der Waals surface area contributed by atoms with Crippen LogP contribution in [0.15, 0.2) is 48.5 Å². The van der Waals surface area contributed by atoms with Crippen LogP contribution in [0.25, 0.3) is 0 Å². The number of amides is 1. The number of ether oxygens (including phenoxy) is 2. The van der Waals surface area contributed by atoms with Crippen LogP contribution in [0, 0.1) is 0 Å². The summed E-state index contributed by atoms with van der Waals surface area (Å²) in [4.78, 5) is 12.9. The number of hydrogen-bond acceptors (Lipinski definition) is 4. The van der Waals surface area contributed by atoms with Gasteiger partial charge in [-0.25, -0.2) is 4.79 Å².